The van der Waals surface area contributed by atoms with E-state index in [1.807, 2.05) is 29.7 Å². The Bertz CT molecular complexity index is 925. The Hall–Kier alpha value is -2.63. The van der Waals surface area contributed by atoms with E-state index >= 15 is 0 Å². The van der Waals surface area contributed by atoms with Crippen LogP contribution in [0.1, 0.15) is 83.4 Å². The molecule has 0 saturated heterocycles. The number of aromatic nitrogens is 2. The molecule has 6 heteroatoms. The number of imidazole rings is 1. The second-order valence-electron chi connectivity index (χ2n) is 8.21. The summed E-state index contributed by atoms with van der Waals surface area (Å²) >= 11 is 0. The first-order chi connectivity index (χ1) is 14.1. The van der Waals surface area contributed by atoms with Crippen molar-refractivity contribution in [2.75, 3.05) is 5.32 Å². The molecule has 1 fully saturated rings. The minimum Gasteiger partial charge on any atom is -0.348 e. The van der Waals surface area contributed by atoms with E-state index in [9.17, 15) is 9.59 Å². The number of amides is 2. The van der Waals surface area contributed by atoms with Gasteiger partial charge in [-0.2, -0.15) is 0 Å². The van der Waals surface area contributed by atoms with Crippen LogP contribution in [-0.2, 0) is 19.4 Å². The molecule has 6 nitrogen and oxygen atoms in total. The van der Waals surface area contributed by atoms with Crippen molar-refractivity contribution in [1.29, 1.82) is 0 Å². The van der Waals surface area contributed by atoms with Crippen molar-refractivity contribution >= 4 is 17.5 Å². The summed E-state index contributed by atoms with van der Waals surface area (Å²) in [4.78, 5) is 30.6. The molecule has 2 heterocycles. The summed E-state index contributed by atoms with van der Waals surface area (Å²) in [5.74, 6) is -0.0228. The van der Waals surface area contributed by atoms with Gasteiger partial charge in [0, 0.05) is 18.3 Å². The normalized spacial score (nSPS) is 16.5. The van der Waals surface area contributed by atoms with Crippen molar-refractivity contribution in [1.82, 2.24) is 14.9 Å². The Morgan fingerprint density at radius 2 is 1.93 bits per heavy atom. The van der Waals surface area contributed by atoms with Gasteiger partial charge in [-0.05, 0) is 56.6 Å². The molecular formula is C23H30N4O2. The molecule has 1 aliphatic carbocycles. The standard InChI is InChI=1S/C23H30N4O2/c1-3-16-10-8-9-15(2)19(16)26-23(29)21-25-20(18-13-6-7-14-27(18)21)22(28)24-17-11-4-5-12-17/h8-10,17H,3-7,11-14H2,1-2H3,(H,24,28)(H,26,29). The third kappa shape index (κ3) is 3.93. The zero-order valence-corrected chi connectivity index (χ0v) is 17.4. The number of carbonyl (C=O) groups is 2. The molecule has 2 aromatic rings. The molecule has 1 saturated carbocycles. The van der Waals surface area contributed by atoms with Crippen LogP contribution in [0.15, 0.2) is 18.2 Å². The zero-order chi connectivity index (χ0) is 20.4. The van der Waals surface area contributed by atoms with E-state index in [-0.39, 0.29) is 17.9 Å². The quantitative estimate of drug-likeness (QED) is 0.804. The van der Waals surface area contributed by atoms with Gasteiger partial charge in [-0.25, -0.2) is 4.98 Å². The highest BCUT2D eigenvalue weighted by molar-refractivity contribution is 6.04. The van der Waals surface area contributed by atoms with Gasteiger partial charge < -0.3 is 15.2 Å². The van der Waals surface area contributed by atoms with E-state index in [2.05, 4.69) is 22.5 Å². The Kier molecular flexibility index (Phi) is 5.69. The Labute approximate surface area is 172 Å². The fourth-order valence-corrected chi connectivity index (χ4v) is 4.59. The molecule has 2 amide bonds. The van der Waals surface area contributed by atoms with E-state index < -0.39 is 0 Å². The maximum atomic E-state index is 13.2. The smallest absolute Gasteiger partial charge is 0.291 e. The van der Waals surface area contributed by atoms with Crippen molar-refractivity contribution in [2.24, 2.45) is 0 Å². The Morgan fingerprint density at radius 1 is 1.14 bits per heavy atom. The molecule has 0 atom stereocenters. The lowest BCUT2D eigenvalue weighted by Crippen LogP contribution is -2.33. The maximum Gasteiger partial charge on any atom is 0.291 e. The second kappa shape index (κ2) is 8.39. The van der Waals surface area contributed by atoms with Crippen molar-refractivity contribution in [2.45, 2.75) is 77.8 Å². The summed E-state index contributed by atoms with van der Waals surface area (Å²) in [5.41, 5.74) is 4.31. The highest BCUT2D eigenvalue weighted by atomic mass is 16.2. The van der Waals surface area contributed by atoms with Crippen LogP contribution >= 0.6 is 0 Å². The van der Waals surface area contributed by atoms with Crippen LogP contribution in [0.25, 0.3) is 0 Å². The van der Waals surface area contributed by atoms with E-state index in [0.29, 0.717) is 11.5 Å². The second-order valence-corrected chi connectivity index (χ2v) is 8.21. The van der Waals surface area contributed by atoms with Crippen LogP contribution < -0.4 is 10.6 Å². The minimum absolute atomic E-state index is 0.133. The maximum absolute atomic E-state index is 13.2. The molecule has 0 radical (unpaired) electrons. The van der Waals surface area contributed by atoms with E-state index in [1.165, 1.54) is 0 Å². The van der Waals surface area contributed by atoms with E-state index in [4.69, 9.17) is 0 Å². The van der Waals surface area contributed by atoms with Gasteiger partial charge in [-0.3, -0.25) is 9.59 Å². The Balaban J connectivity index is 1.63. The molecule has 1 aromatic heterocycles. The molecule has 2 aliphatic rings. The third-order valence-corrected chi connectivity index (χ3v) is 6.20. The number of fused-ring (bicyclic) bond motifs is 1. The van der Waals surface area contributed by atoms with E-state index in [0.717, 1.165) is 80.4 Å². The van der Waals surface area contributed by atoms with Crippen LogP contribution in [0, 0.1) is 6.92 Å². The number of aryl methyl sites for hydroxylation is 2. The average molecular weight is 395 g/mol. The predicted molar refractivity (Wildman–Crippen MR) is 113 cm³/mol. The van der Waals surface area contributed by atoms with Gasteiger partial charge in [0.05, 0.1) is 5.69 Å². The lowest BCUT2D eigenvalue weighted by atomic mass is 10.1. The summed E-state index contributed by atoms with van der Waals surface area (Å²) in [5, 5.41) is 6.20. The summed E-state index contributed by atoms with van der Waals surface area (Å²) in [6.45, 7) is 4.81. The number of nitrogens with one attached hydrogen (secondary N) is 2. The summed E-state index contributed by atoms with van der Waals surface area (Å²) in [6.07, 6.45) is 8.03. The number of rotatable bonds is 5. The van der Waals surface area contributed by atoms with Crippen molar-refractivity contribution in [3.63, 3.8) is 0 Å². The number of carbonyl (C=O) groups excluding carboxylic acids is 2. The van der Waals surface area contributed by atoms with Gasteiger partial charge in [0.1, 0.15) is 5.69 Å². The first-order valence-corrected chi connectivity index (χ1v) is 10.9. The molecule has 0 spiro atoms. The molecule has 154 valence electrons. The number of anilines is 1. The fourth-order valence-electron chi connectivity index (χ4n) is 4.59. The lowest BCUT2D eigenvalue weighted by molar-refractivity contribution is 0.0931. The summed E-state index contributed by atoms with van der Waals surface area (Å²) in [7, 11) is 0. The number of benzene rings is 1. The first kappa shape index (κ1) is 19.7. The third-order valence-electron chi connectivity index (χ3n) is 6.20. The molecule has 1 aliphatic heterocycles. The van der Waals surface area contributed by atoms with Crippen LogP contribution in [0.3, 0.4) is 0 Å². The van der Waals surface area contributed by atoms with Gasteiger partial charge in [0.2, 0.25) is 0 Å². The zero-order valence-electron chi connectivity index (χ0n) is 17.4. The molecule has 2 N–H and O–H groups in total. The van der Waals surface area contributed by atoms with Crippen LogP contribution in [0.2, 0.25) is 0 Å². The number of para-hydroxylation sites is 1. The molecule has 0 unspecified atom stereocenters. The number of hydrogen-bond donors (Lipinski definition) is 2. The Morgan fingerprint density at radius 3 is 2.69 bits per heavy atom. The van der Waals surface area contributed by atoms with Crippen molar-refractivity contribution < 1.29 is 9.59 Å². The van der Waals surface area contributed by atoms with Gasteiger partial charge in [0.25, 0.3) is 11.8 Å². The van der Waals surface area contributed by atoms with Gasteiger partial charge in [0.15, 0.2) is 5.82 Å². The van der Waals surface area contributed by atoms with Gasteiger partial charge in [-0.15, -0.1) is 0 Å². The molecular weight excluding hydrogens is 364 g/mol. The SMILES string of the molecule is CCc1cccc(C)c1NC(=O)c1nc(C(=O)NC2CCCC2)c2n1CCCC2. The highest BCUT2D eigenvalue weighted by Gasteiger charge is 2.29. The molecule has 29 heavy (non-hydrogen) atoms. The summed E-state index contributed by atoms with van der Waals surface area (Å²) in [6, 6.07) is 6.27. The number of hydrogen-bond acceptors (Lipinski definition) is 3. The van der Waals surface area contributed by atoms with Gasteiger partial charge in [-0.1, -0.05) is 38.0 Å². The lowest BCUT2D eigenvalue weighted by Gasteiger charge is -2.18. The number of nitrogens with zero attached hydrogens (tertiary/aromatic N) is 2. The molecule has 4 rings (SSSR count). The van der Waals surface area contributed by atoms with Crippen LogP contribution in [-0.4, -0.2) is 27.4 Å². The van der Waals surface area contributed by atoms with E-state index in [1.54, 1.807) is 0 Å². The van der Waals surface area contributed by atoms with Crippen LogP contribution in [0.4, 0.5) is 5.69 Å². The largest absolute Gasteiger partial charge is 0.348 e. The van der Waals surface area contributed by atoms with Crippen LogP contribution in [0.5, 0.6) is 0 Å². The average Bonchev–Trinajstić information content (AvgIpc) is 3.37. The highest BCUT2D eigenvalue weighted by Crippen LogP contribution is 2.25. The fraction of sp³-hybridized carbons (Fsp3) is 0.522. The minimum atomic E-state index is -0.239. The first-order valence-electron chi connectivity index (χ1n) is 10.9. The monoisotopic (exact) mass is 394 g/mol. The van der Waals surface area contributed by atoms with Crippen molar-refractivity contribution in [3.8, 4) is 0 Å². The topological polar surface area (TPSA) is 76.0 Å². The molecule has 1 aromatic carbocycles. The van der Waals surface area contributed by atoms with Gasteiger partial charge >= 0.3 is 0 Å². The predicted octanol–water partition coefficient (Wildman–Crippen LogP) is 4.01. The molecule has 0 bridgehead atoms. The summed E-state index contributed by atoms with van der Waals surface area (Å²) < 4.78 is 1.95. The van der Waals surface area contributed by atoms with Crippen molar-refractivity contribution in [3.05, 3.63) is 46.5 Å².